The highest BCUT2D eigenvalue weighted by molar-refractivity contribution is 8.26. The third-order valence-corrected chi connectivity index (χ3v) is 7.73. The minimum atomic E-state index is -0.244. The molecule has 8 heteroatoms. The van der Waals surface area contributed by atoms with Crippen LogP contribution in [0.1, 0.15) is 35.2 Å². The fourth-order valence-corrected chi connectivity index (χ4v) is 5.58. The molecule has 2 aromatic heterocycles. The van der Waals surface area contributed by atoms with Gasteiger partial charge in [-0.25, -0.2) is 4.98 Å². The summed E-state index contributed by atoms with van der Waals surface area (Å²) in [6.45, 7) is 4.42. The van der Waals surface area contributed by atoms with E-state index in [1.54, 1.807) is 17.2 Å². The normalized spacial score (nSPS) is 15.5. The zero-order valence-corrected chi connectivity index (χ0v) is 22.2. The van der Waals surface area contributed by atoms with Gasteiger partial charge < -0.3 is 5.32 Å². The molecule has 1 N–H and O–H groups in total. The summed E-state index contributed by atoms with van der Waals surface area (Å²) in [6, 6.07) is 23.6. The molecular formula is C29H26N4O2S2. The number of rotatable bonds is 7. The van der Waals surface area contributed by atoms with E-state index in [9.17, 15) is 9.59 Å². The molecule has 0 radical (unpaired) electrons. The Balaban J connectivity index is 1.51. The number of hydrogen-bond donors (Lipinski definition) is 1. The molecule has 1 fully saturated rings. The molecule has 0 bridgehead atoms. The topological polar surface area (TPSA) is 66.7 Å². The fourth-order valence-electron chi connectivity index (χ4n) is 4.29. The van der Waals surface area contributed by atoms with Crippen molar-refractivity contribution in [3.8, 4) is 0 Å². The van der Waals surface area contributed by atoms with Crippen LogP contribution in [0, 0.1) is 6.92 Å². The average Bonchev–Trinajstić information content (AvgIpc) is 3.18. The minimum absolute atomic E-state index is 0.105. The van der Waals surface area contributed by atoms with Gasteiger partial charge in [0, 0.05) is 18.8 Å². The summed E-state index contributed by atoms with van der Waals surface area (Å²) >= 11 is 6.75. The number of carbonyl (C=O) groups excluding carboxylic acids is 1. The van der Waals surface area contributed by atoms with Crippen LogP contribution in [-0.4, -0.2) is 31.1 Å². The number of amides is 1. The molecular weight excluding hydrogens is 500 g/mol. The number of fused-ring (bicyclic) bond motifs is 1. The first-order valence-corrected chi connectivity index (χ1v) is 13.3. The van der Waals surface area contributed by atoms with Gasteiger partial charge >= 0.3 is 0 Å². The van der Waals surface area contributed by atoms with Crippen molar-refractivity contribution in [1.82, 2.24) is 14.3 Å². The second kappa shape index (κ2) is 10.7. The van der Waals surface area contributed by atoms with Gasteiger partial charge in [-0.1, -0.05) is 90.7 Å². The maximum Gasteiger partial charge on any atom is 0.267 e. The SMILES string of the molecule is Cc1cccn2c(=O)c(/C=C3\SC(=S)N(CCc4ccccc4)C3=O)c(N[C@@H](C)c3ccccc3)nc12. The number of aryl methyl sites for hydroxylation is 1. The number of anilines is 1. The Hall–Kier alpha value is -3.75. The molecule has 0 spiro atoms. The van der Waals surface area contributed by atoms with Gasteiger partial charge in [-0.3, -0.25) is 18.9 Å². The van der Waals surface area contributed by atoms with Crippen LogP contribution >= 0.6 is 24.0 Å². The molecule has 1 aliphatic rings. The van der Waals surface area contributed by atoms with Crippen molar-refractivity contribution in [2.45, 2.75) is 26.3 Å². The molecule has 0 saturated carbocycles. The molecule has 1 amide bonds. The van der Waals surface area contributed by atoms with E-state index in [0.29, 0.717) is 39.2 Å². The third kappa shape index (κ3) is 5.21. The van der Waals surface area contributed by atoms with E-state index in [1.807, 2.05) is 86.6 Å². The van der Waals surface area contributed by atoms with Crippen LogP contribution in [0.3, 0.4) is 0 Å². The summed E-state index contributed by atoms with van der Waals surface area (Å²) < 4.78 is 2.01. The Morgan fingerprint density at radius 1 is 1.03 bits per heavy atom. The second-order valence-electron chi connectivity index (χ2n) is 8.91. The highest BCUT2D eigenvalue weighted by atomic mass is 32.2. The van der Waals surface area contributed by atoms with Gasteiger partial charge in [0.05, 0.1) is 10.5 Å². The standard InChI is InChI=1S/C29H26N4O2S2/c1-19-10-9-16-32-26(19)31-25(30-20(2)22-13-7-4-8-14-22)23(27(32)34)18-24-28(35)33(29(36)37-24)17-15-21-11-5-3-6-12-21/h3-14,16,18,20,30H,15,17H2,1-2H3/b24-18-/t20-/m0/s1. The average molecular weight is 527 g/mol. The van der Waals surface area contributed by atoms with Gasteiger partial charge in [-0.15, -0.1) is 0 Å². The maximum atomic E-state index is 13.7. The van der Waals surface area contributed by atoms with Gasteiger partial charge in [0.2, 0.25) is 0 Å². The molecule has 1 atom stereocenters. The summed E-state index contributed by atoms with van der Waals surface area (Å²) in [5.74, 6) is 0.243. The van der Waals surface area contributed by atoms with Crippen LogP contribution in [0.15, 0.2) is 88.7 Å². The van der Waals surface area contributed by atoms with Crippen LogP contribution < -0.4 is 10.9 Å². The smallest absolute Gasteiger partial charge is 0.267 e. The number of nitrogens with zero attached hydrogens (tertiary/aromatic N) is 3. The van der Waals surface area contributed by atoms with Crippen LogP contribution in [0.2, 0.25) is 0 Å². The van der Waals surface area contributed by atoms with Gasteiger partial charge in [-0.05, 0) is 49.1 Å². The number of carbonyl (C=O) groups is 1. The zero-order valence-electron chi connectivity index (χ0n) is 20.5. The second-order valence-corrected chi connectivity index (χ2v) is 10.6. The van der Waals surface area contributed by atoms with Crippen molar-refractivity contribution in [2.75, 3.05) is 11.9 Å². The lowest BCUT2D eigenvalue weighted by Gasteiger charge is -2.18. The van der Waals surface area contributed by atoms with E-state index >= 15 is 0 Å². The number of hydrogen-bond acceptors (Lipinski definition) is 6. The summed E-state index contributed by atoms with van der Waals surface area (Å²) in [4.78, 5) is 33.8. The van der Waals surface area contributed by atoms with Crippen molar-refractivity contribution in [3.63, 3.8) is 0 Å². The predicted octanol–water partition coefficient (Wildman–Crippen LogP) is 5.62. The summed E-state index contributed by atoms with van der Waals surface area (Å²) in [6.07, 6.45) is 4.03. The monoisotopic (exact) mass is 526 g/mol. The Morgan fingerprint density at radius 3 is 2.46 bits per heavy atom. The van der Waals surface area contributed by atoms with Crippen LogP contribution in [0.4, 0.5) is 5.82 Å². The lowest BCUT2D eigenvalue weighted by Crippen LogP contribution is -2.30. The molecule has 5 rings (SSSR count). The number of nitrogens with one attached hydrogen (secondary N) is 1. The molecule has 4 aromatic rings. The summed E-state index contributed by atoms with van der Waals surface area (Å²) in [5.41, 5.74) is 3.74. The van der Waals surface area contributed by atoms with E-state index in [-0.39, 0.29) is 17.5 Å². The van der Waals surface area contributed by atoms with Gasteiger partial charge in [0.1, 0.15) is 15.8 Å². The number of pyridine rings is 1. The molecule has 1 saturated heterocycles. The van der Waals surface area contributed by atoms with Crippen LogP contribution in [0.25, 0.3) is 11.7 Å². The lowest BCUT2D eigenvalue weighted by molar-refractivity contribution is -0.122. The van der Waals surface area contributed by atoms with Crippen molar-refractivity contribution >= 4 is 51.7 Å². The third-order valence-electron chi connectivity index (χ3n) is 6.35. The van der Waals surface area contributed by atoms with E-state index in [2.05, 4.69) is 5.32 Å². The predicted molar refractivity (Wildman–Crippen MR) is 155 cm³/mol. The maximum absolute atomic E-state index is 13.7. The van der Waals surface area contributed by atoms with E-state index in [0.717, 1.165) is 16.7 Å². The summed E-state index contributed by atoms with van der Waals surface area (Å²) in [7, 11) is 0. The van der Waals surface area contributed by atoms with E-state index < -0.39 is 0 Å². The molecule has 0 unspecified atom stereocenters. The van der Waals surface area contributed by atoms with Crippen molar-refractivity contribution in [1.29, 1.82) is 0 Å². The highest BCUT2D eigenvalue weighted by Gasteiger charge is 2.32. The lowest BCUT2D eigenvalue weighted by atomic mass is 10.1. The number of thioether (sulfide) groups is 1. The molecule has 1 aliphatic heterocycles. The number of aromatic nitrogens is 2. The molecule has 0 aliphatic carbocycles. The largest absolute Gasteiger partial charge is 0.363 e. The van der Waals surface area contributed by atoms with Crippen LogP contribution in [0.5, 0.6) is 0 Å². The number of thiocarbonyl (C=S) groups is 1. The Morgan fingerprint density at radius 2 is 1.73 bits per heavy atom. The summed E-state index contributed by atoms with van der Waals surface area (Å²) in [5, 5.41) is 3.41. The Kier molecular flexibility index (Phi) is 7.21. The highest BCUT2D eigenvalue weighted by Crippen LogP contribution is 2.33. The molecule has 6 nitrogen and oxygen atoms in total. The van der Waals surface area contributed by atoms with Crippen LogP contribution in [-0.2, 0) is 11.2 Å². The van der Waals surface area contributed by atoms with Gasteiger partial charge in [0.15, 0.2) is 0 Å². The van der Waals surface area contributed by atoms with Crippen molar-refractivity contribution in [3.05, 3.63) is 117 Å². The minimum Gasteiger partial charge on any atom is -0.363 e. The number of benzene rings is 2. The molecule has 2 aromatic carbocycles. The molecule has 37 heavy (non-hydrogen) atoms. The van der Waals surface area contributed by atoms with E-state index in [4.69, 9.17) is 17.2 Å². The Labute approximate surface area is 225 Å². The van der Waals surface area contributed by atoms with Gasteiger partial charge in [0.25, 0.3) is 11.5 Å². The van der Waals surface area contributed by atoms with Crippen molar-refractivity contribution in [2.24, 2.45) is 0 Å². The molecule has 3 heterocycles. The van der Waals surface area contributed by atoms with E-state index in [1.165, 1.54) is 16.2 Å². The first-order chi connectivity index (χ1) is 17.9. The zero-order chi connectivity index (χ0) is 25.9. The fraction of sp³-hybridized carbons (Fsp3) is 0.172. The molecule has 186 valence electrons. The Bertz CT molecular complexity index is 1570. The quantitative estimate of drug-likeness (QED) is 0.249. The van der Waals surface area contributed by atoms with Gasteiger partial charge in [-0.2, -0.15) is 0 Å². The first-order valence-electron chi connectivity index (χ1n) is 12.0. The van der Waals surface area contributed by atoms with Crippen molar-refractivity contribution < 1.29 is 4.79 Å². The first kappa shape index (κ1) is 24.9.